The van der Waals surface area contributed by atoms with Crippen molar-refractivity contribution in [2.75, 3.05) is 33.2 Å². The molecule has 1 atom stereocenters. The lowest BCUT2D eigenvalue weighted by Gasteiger charge is -2.39. The van der Waals surface area contributed by atoms with Crippen molar-refractivity contribution in [3.63, 3.8) is 0 Å². The van der Waals surface area contributed by atoms with Gasteiger partial charge >= 0.3 is 6.18 Å². The molecule has 9 heteroatoms. The Balaban J connectivity index is 1.88. The summed E-state index contributed by atoms with van der Waals surface area (Å²) in [5.74, 6) is 0.705. The van der Waals surface area contributed by atoms with Gasteiger partial charge in [-0.1, -0.05) is 20.8 Å². The van der Waals surface area contributed by atoms with Crippen molar-refractivity contribution in [2.45, 2.75) is 51.9 Å². The van der Waals surface area contributed by atoms with Crippen molar-refractivity contribution < 1.29 is 13.2 Å². The summed E-state index contributed by atoms with van der Waals surface area (Å²) >= 11 is 1.60. The Morgan fingerprint density at radius 1 is 1.27 bits per heavy atom. The third kappa shape index (κ3) is 5.33. The van der Waals surface area contributed by atoms with Crippen molar-refractivity contribution in [1.82, 2.24) is 20.1 Å². The van der Waals surface area contributed by atoms with Gasteiger partial charge in [0, 0.05) is 44.0 Å². The van der Waals surface area contributed by atoms with E-state index in [2.05, 4.69) is 41.4 Å². The summed E-state index contributed by atoms with van der Waals surface area (Å²) < 4.78 is 38.6. The monoisotopic (exact) mass is 391 g/mol. The van der Waals surface area contributed by atoms with Crippen LogP contribution in [0.3, 0.4) is 0 Å². The fourth-order valence-corrected chi connectivity index (χ4v) is 3.71. The second-order valence-electron chi connectivity index (χ2n) is 7.52. The minimum Gasteiger partial charge on any atom is -0.350 e. The number of hydrogen-bond donors (Lipinski definition) is 1. The highest BCUT2D eigenvalue weighted by molar-refractivity contribution is 7.09. The van der Waals surface area contributed by atoms with E-state index in [0.717, 1.165) is 10.7 Å². The summed E-state index contributed by atoms with van der Waals surface area (Å²) in [4.78, 5) is 12.4. The lowest BCUT2D eigenvalue weighted by Crippen LogP contribution is -2.56. The van der Waals surface area contributed by atoms with Crippen LogP contribution in [0.4, 0.5) is 13.2 Å². The molecule has 0 bridgehead atoms. The van der Waals surface area contributed by atoms with Gasteiger partial charge in [0.15, 0.2) is 5.96 Å². The number of rotatable bonds is 3. The molecule has 26 heavy (non-hydrogen) atoms. The van der Waals surface area contributed by atoms with Crippen LogP contribution in [-0.4, -0.2) is 66.2 Å². The zero-order valence-electron chi connectivity index (χ0n) is 16.0. The summed E-state index contributed by atoms with van der Waals surface area (Å²) in [6.45, 7) is 9.93. The zero-order valence-corrected chi connectivity index (χ0v) is 16.8. The highest BCUT2D eigenvalue weighted by Gasteiger charge is 2.41. The van der Waals surface area contributed by atoms with Gasteiger partial charge in [0.25, 0.3) is 0 Å². The molecule has 0 spiro atoms. The van der Waals surface area contributed by atoms with E-state index in [-0.39, 0.29) is 5.41 Å². The fourth-order valence-electron chi connectivity index (χ4n) is 2.75. The molecule has 1 aliphatic rings. The summed E-state index contributed by atoms with van der Waals surface area (Å²) in [7, 11) is 1.69. The first-order valence-electron chi connectivity index (χ1n) is 8.73. The molecule has 0 aliphatic carbocycles. The number of thiazole rings is 1. The van der Waals surface area contributed by atoms with E-state index in [1.54, 1.807) is 18.4 Å². The smallest absolute Gasteiger partial charge is 0.350 e. The predicted molar refractivity (Wildman–Crippen MR) is 99.7 cm³/mol. The number of nitrogens with one attached hydrogen (secondary N) is 1. The number of hydrogen-bond acceptors (Lipinski definition) is 4. The number of guanidine groups is 1. The number of aromatic nitrogens is 1. The molecule has 148 valence electrons. The van der Waals surface area contributed by atoms with Crippen molar-refractivity contribution in [3.05, 3.63) is 16.1 Å². The average Bonchev–Trinajstić information content (AvgIpc) is 3.04. The van der Waals surface area contributed by atoms with Crippen LogP contribution in [0.5, 0.6) is 0 Å². The molecule has 1 unspecified atom stereocenters. The number of halogens is 3. The van der Waals surface area contributed by atoms with Crippen LogP contribution in [0, 0.1) is 0 Å². The molecule has 1 N–H and O–H groups in total. The van der Waals surface area contributed by atoms with Gasteiger partial charge in [-0.05, 0) is 6.92 Å². The molecule has 1 aromatic rings. The van der Waals surface area contributed by atoms with Gasteiger partial charge in [-0.25, -0.2) is 4.98 Å². The first-order valence-corrected chi connectivity index (χ1v) is 9.61. The van der Waals surface area contributed by atoms with Gasteiger partial charge in [0.05, 0.1) is 12.2 Å². The zero-order chi connectivity index (χ0) is 19.5. The molecule has 1 aromatic heterocycles. The van der Waals surface area contributed by atoms with Crippen LogP contribution in [0.25, 0.3) is 0 Å². The highest BCUT2D eigenvalue weighted by Crippen LogP contribution is 2.25. The summed E-state index contributed by atoms with van der Waals surface area (Å²) in [6, 6.07) is -1.41. The standard InChI is InChI=1S/C17H28F3N5S/c1-12(17(18,19)20)24-6-8-25(9-7-24)15(21-5)22-10-14-23-13(11-26-14)16(2,3)4/h11-12H,6-10H2,1-5H3,(H,21,22). The van der Waals surface area contributed by atoms with Crippen molar-refractivity contribution in [2.24, 2.45) is 4.99 Å². The van der Waals surface area contributed by atoms with Gasteiger partial charge in [-0.3, -0.25) is 9.89 Å². The minimum absolute atomic E-state index is 0.0158. The van der Waals surface area contributed by atoms with E-state index in [1.807, 2.05) is 4.90 Å². The van der Waals surface area contributed by atoms with Crippen LogP contribution in [-0.2, 0) is 12.0 Å². The molecule has 5 nitrogen and oxygen atoms in total. The summed E-state index contributed by atoms with van der Waals surface area (Å²) in [5.41, 5.74) is 1.08. The van der Waals surface area contributed by atoms with Gasteiger partial charge in [-0.2, -0.15) is 13.2 Å². The van der Waals surface area contributed by atoms with Gasteiger partial charge < -0.3 is 10.2 Å². The maximum atomic E-state index is 12.9. The number of alkyl halides is 3. The van der Waals surface area contributed by atoms with Crippen molar-refractivity contribution in [1.29, 1.82) is 0 Å². The van der Waals surface area contributed by atoms with E-state index in [4.69, 9.17) is 0 Å². The van der Waals surface area contributed by atoms with E-state index in [9.17, 15) is 13.2 Å². The van der Waals surface area contributed by atoms with Crippen LogP contribution in [0.1, 0.15) is 38.4 Å². The Morgan fingerprint density at radius 2 is 1.88 bits per heavy atom. The third-order valence-corrected chi connectivity index (χ3v) is 5.41. The second kappa shape index (κ2) is 8.12. The summed E-state index contributed by atoms with van der Waals surface area (Å²) in [5, 5.41) is 6.32. The van der Waals surface area contributed by atoms with E-state index in [0.29, 0.717) is 38.7 Å². The first kappa shape index (κ1) is 21.0. The topological polar surface area (TPSA) is 43.8 Å². The number of aliphatic imine (C=N–C) groups is 1. The van der Waals surface area contributed by atoms with Crippen LogP contribution < -0.4 is 5.32 Å². The van der Waals surface area contributed by atoms with Crippen LogP contribution >= 0.6 is 11.3 Å². The largest absolute Gasteiger partial charge is 0.403 e. The molecule has 0 saturated carbocycles. The molecule has 1 fully saturated rings. The maximum absolute atomic E-state index is 12.9. The van der Waals surface area contributed by atoms with Crippen molar-refractivity contribution >= 4 is 17.3 Å². The Kier molecular flexibility index (Phi) is 6.55. The number of piperazine rings is 1. The Morgan fingerprint density at radius 3 is 2.35 bits per heavy atom. The highest BCUT2D eigenvalue weighted by atomic mass is 32.1. The quantitative estimate of drug-likeness (QED) is 0.635. The number of nitrogens with zero attached hydrogens (tertiary/aromatic N) is 4. The van der Waals surface area contributed by atoms with Crippen LogP contribution in [0.15, 0.2) is 10.4 Å². The van der Waals surface area contributed by atoms with Gasteiger partial charge in [0.2, 0.25) is 0 Å². The molecule has 1 saturated heterocycles. The first-order chi connectivity index (χ1) is 12.0. The maximum Gasteiger partial charge on any atom is 0.403 e. The Labute approximate surface area is 157 Å². The minimum atomic E-state index is -4.18. The molecular weight excluding hydrogens is 363 g/mol. The average molecular weight is 392 g/mol. The molecule has 1 aliphatic heterocycles. The van der Waals surface area contributed by atoms with E-state index >= 15 is 0 Å². The molecule has 2 heterocycles. The molecule has 0 aromatic carbocycles. The Bertz CT molecular complexity index is 613. The molecule has 0 amide bonds. The van der Waals surface area contributed by atoms with Crippen LogP contribution in [0.2, 0.25) is 0 Å². The lowest BCUT2D eigenvalue weighted by molar-refractivity contribution is -0.181. The Hall–Kier alpha value is -1.35. The van der Waals surface area contributed by atoms with E-state index < -0.39 is 12.2 Å². The second-order valence-corrected chi connectivity index (χ2v) is 8.46. The predicted octanol–water partition coefficient (Wildman–Crippen LogP) is 3.08. The normalized spacial score (nSPS) is 18.9. The third-order valence-electron chi connectivity index (χ3n) is 4.56. The van der Waals surface area contributed by atoms with Crippen molar-refractivity contribution in [3.8, 4) is 0 Å². The van der Waals surface area contributed by atoms with Gasteiger partial charge in [-0.15, -0.1) is 11.3 Å². The molecule has 2 rings (SSSR count). The SMILES string of the molecule is CN=C(NCc1nc(C(C)(C)C)cs1)N1CCN(C(C)C(F)(F)F)CC1. The lowest BCUT2D eigenvalue weighted by atomic mass is 9.93. The summed E-state index contributed by atoms with van der Waals surface area (Å²) in [6.07, 6.45) is -4.18. The van der Waals surface area contributed by atoms with E-state index in [1.165, 1.54) is 11.8 Å². The fraction of sp³-hybridized carbons (Fsp3) is 0.765. The molecule has 0 radical (unpaired) electrons. The molecular formula is C17H28F3N5S. The van der Waals surface area contributed by atoms with Gasteiger partial charge in [0.1, 0.15) is 11.0 Å².